The Kier molecular flexibility index (Phi) is 3.92. The Morgan fingerprint density at radius 1 is 1.21 bits per heavy atom. The Labute approximate surface area is 122 Å². The van der Waals surface area contributed by atoms with Gasteiger partial charge in [-0.25, -0.2) is 0 Å². The minimum atomic E-state index is 0.0711. The van der Waals surface area contributed by atoms with Gasteiger partial charge in [-0.1, -0.05) is 26.7 Å². The molecule has 110 valence electrons. The molecule has 2 aliphatic heterocycles. The lowest BCUT2D eigenvalue weighted by Crippen LogP contribution is -2.59. The summed E-state index contributed by atoms with van der Waals surface area (Å²) >= 11 is 2.06. The van der Waals surface area contributed by atoms with Gasteiger partial charge in [-0.3, -0.25) is 0 Å². The number of rotatable bonds is 1. The zero-order chi connectivity index (χ0) is 13.5. The molecule has 3 rings (SSSR count). The number of hydrogen-bond acceptors (Lipinski definition) is 3. The molecular formula is C16H29NOS. The molecule has 5 unspecified atom stereocenters. The molecule has 2 N–H and O–H groups in total. The van der Waals surface area contributed by atoms with Gasteiger partial charge in [0.2, 0.25) is 0 Å². The molecule has 1 saturated carbocycles. The van der Waals surface area contributed by atoms with Crippen LogP contribution in [0.4, 0.5) is 0 Å². The minimum Gasteiger partial charge on any atom is -0.374 e. The monoisotopic (exact) mass is 283 g/mol. The van der Waals surface area contributed by atoms with E-state index in [0.717, 1.165) is 12.5 Å². The first-order valence-corrected chi connectivity index (χ1v) is 9.22. The molecule has 0 radical (unpaired) electrons. The van der Waals surface area contributed by atoms with Crippen LogP contribution in [0.15, 0.2) is 0 Å². The molecule has 3 fully saturated rings. The zero-order valence-corrected chi connectivity index (χ0v) is 13.3. The second-order valence-electron chi connectivity index (χ2n) is 7.29. The van der Waals surface area contributed by atoms with Crippen molar-refractivity contribution in [2.45, 2.75) is 63.5 Å². The van der Waals surface area contributed by atoms with Crippen LogP contribution in [0, 0.1) is 17.8 Å². The summed E-state index contributed by atoms with van der Waals surface area (Å²) in [7, 11) is 0. The predicted octanol–water partition coefficient (Wildman–Crippen LogP) is 3.44. The molecular weight excluding hydrogens is 254 g/mol. The van der Waals surface area contributed by atoms with Gasteiger partial charge in [0.25, 0.3) is 0 Å². The summed E-state index contributed by atoms with van der Waals surface area (Å²) < 4.78 is 6.18. The largest absolute Gasteiger partial charge is 0.374 e. The van der Waals surface area contributed by atoms with E-state index in [1.54, 1.807) is 0 Å². The maximum Gasteiger partial charge on any atom is 0.0783 e. The van der Waals surface area contributed by atoms with E-state index in [0.29, 0.717) is 11.8 Å². The molecule has 0 aromatic rings. The second kappa shape index (κ2) is 5.23. The van der Waals surface area contributed by atoms with Gasteiger partial charge < -0.3 is 10.5 Å². The van der Waals surface area contributed by atoms with Crippen LogP contribution in [0.2, 0.25) is 0 Å². The quantitative estimate of drug-likeness (QED) is 0.800. The molecule has 2 saturated heterocycles. The van der Waals surface area contributed by atoms with Crippen LogP contribution in [0.25, 0.3) is 0 Å². The SMILES string of the molecule is CC1CCCC(N)(C2CCOC3(CCSC3)C2)C1C. The van der Waals surface area contributed by atoms with Crippen LogP contribution in [-0.2, 0) is 4.74 Å². The Morgan fingerprint density at radius 2 is 2.05 bits per heavy atom. The van der Waals surface area contributed by atoms with Crippen LogP contribution < -0.4 is 5.73 Å². The van der Waals surface area contributed by atoms with E-state index in [1.807, 2.05) is 0 Å². The molecule has 2 nitrogen and oxygen atoms in total. The van der Waals surface area contributed by atoms with Gasteiger partial charge in [-0.2, -0.15) is 11.8 Å². The van der Waals surface area contributed by atoms with Crippen molar-refractivity contribution in [2.75, 3.05) is 18.1 Å². The number of hydrogen-bond donors (Lipinski definition) is 1. The normalized spacial score (nSPS) is 51.6. The molecule has 0 aromatic heterocycles. The fourth-order valence-corrected chi connectivity index (χ4v) is 6.04. The standard InChI is InChI=1S/C16H29NOS/c1-12-4-3-6-16(17,13(12)2)14-5-8-18-15(10-14)7-9-19-11-15/h12-14H,3-11,17H2,1-2H3. The highest BCUT2D eigenvalue weighted by atomic mass is 32.2. The molecule has 3 heteroatoms. The highest BCUT2D eigenvalue weighted by Crippen LogP contribution is 2.49. The molecule has 1 spiro atoms. The van der Waals surface area contributed by atoms with Gasteiger partial charge >= 0.3 is 0 Å². The van der Waals surface area contributed by atoms with E-state index in [2.05, 4.69) is 25.6 Å². The third kappa shape index (κ3) is 2.47. The number of thioether (sulfide) groups is 1. The van der Waals surface area contributed by atoms with E-state index < -0.39 is 0 Å². The van der Waals surface area contributed by atoms with Gasteiger partial charge in [-0.05, 0) is 49.2 Å². The maximum atomic E-state index is 6.96. The topological polar surface area (TPSA) is 35.2 Å². The average molecular weight is 283 g/mol. The average Bonchev–Trinajstić information content (AvgIpc) is 2.84. The fraction of sp³-hybridized carbons (Fsp3) is 1.00. The minimum absolute atomic E-state index is 0.0711. The van der Waals surface area contributed by atoms with Crippen molar-refractivity contribution in [2.24, 2.45) is 23.5 Å². The molecule has 0 amide bonds. The van der Waals surface area contributed by atoms with E-state index in [9.17, 15) is 0 Å². The number of nitrogens with two attached hydrogens (primary N) is 1. The van der Waals surface area contributed by atoms with Crippen molar-refractivity contribution in [1.82, 2.24) is 0 Å². The zero-order valence-electron chi connectivity index (χ0n) is 12.5. The first kappa shape index (κ1) is 14.2. The number of ether oxygens (including phenoxy) is 1. The summed E-state index contributed by atoms with van der Waals surface area (Å²) in [6.45, 7) is 5.73. The van der Waals surface area contributed by atoms with Crippen LogP contribution in [0.3, 0.4) is 0 Å². The fourth-order valence-electron chi connectivity index (χ4n) is 4.66. The Hall–Kier alpha value is 0.270. The van der Waals surface area contributed by atoms with Crippen LogP contribution >= 0.6 is 11.8 Å². The van der Waals surface area contributed by atoms with Crippen LogP contribution in [0.1, 0.15) is 52.4 Å². The third-order valence-electron chi connectivity index (χ3n) is 6.29. The van der Waals surface area contributed by atoms with Gasteiger partial charge in [0.1, 0.15) is 0 Å². The van der Waals surface area contributed by atoms with Crippen LogP contribution in [0.5, 0.6) is 0 Å². The summed E-state index contributed by atoms with van der Waals surface area (Å²) in [5.41, 5.74) is 7.21. The Morgan fingerprint density at radius 3 is 2.79 bits per heavy atom. The first-order chi connectivity index (χ1) is 9.06. The van der Waals surface area contributed by atoms with Crippen molar-refractivity contribution >= 4 is 11.8 Å². The van der Waals surface area contributed by atoms with E-state index in [-0.39, 0.29) is 11.1 Å². The van der Waals surface area contributed by atoms with Gasteiger partial charge in [-0.15, -0.1) is 0 Å². The maximum absolute atomic E-state index is 6.96. The van der Waals surface area contributed by atoms with Gasteiger partial charge in [0, 0.05) is 17.9 Å². The van der Waals surface area contributed by atoms with Crippen molar-refractivity contribution < 1.29 is 4.74 Å². The summed E-state index contributed by atoms with van der Waals surface area (Å²) in [4.78, 5) is 0. The Balaban J connectivity index is 1.76. The third-order valence-corrected chi connectivity index (χ3v) is 7.51. The molecule has 0 bridgehead atoms. The van der Waals surface area contributed by atoms with Crippen molar-refractivity contribution in [3.8, 4) is 0 Å². The predicted molar refractivity (Wildman–Crippen MR) is 82.4 cm³/mol. The lowest BCUT2D eigenvalue weighted by molar-refractivity contribution is -0.104. The summed E-state index contributed by atoms with van der Waals surface area (Å²) in [6.07, 6.45) is 7.56. The Bertz CT molecular complexity index is 329. The van der Waals surface area contributed by atoms with E-state index >= 15 is 0 Å². The van der Waals surface area contributed by atoms with Crippen molar-refractivity contribution in [3.63, 3.8) is 0 Å². The van der Waals surface area contributed by atoms with Crippen molar-refractivity contribution in [3.05, 3.63) is 0 Å². The molecule has 2 heterocycles. The van der Waals surface area contributed by atoms with Crippen LogP contribution in [-0.4, -0.2) is 29.3 Å². The highest BCUT2D eigenvalue weighted by Gasteiger charge is 2.50. The van der Waals surface area contributed by atoms with Gasteiger partial charge in [0.05, 0.1) is 5.60 Å². The first-order valence-electron chi connectivity index (χ1n) is 8.06. The lowest BCUT2D eigenvalue weighted by Gasteiger charge is -2.52. The lowest BCUT2D eigenvalue weighted by atomic mass is 9.60. The summed E-state index contributed by atoms with van der Waals surface area (Å²) in [6, 6.07) is 0. The molecule has 5 atom stereocenters. The second-order valence-corrected chi connectivity index (χ2v) is 8.40. The van der Waals surface area contributed by atoms with Gasteiger partial charge in [0.15, 0.2) is 0 Å². The summed E-state index contributed by atoms with van der Waals surface area (Å²) in [5.74, 6) is 4.60. The smallest absolute Gasteiger partial charge is 0.0783 e. The molecule has 1 aliphatic carbocycles. The molecule has 3 aliphatic rings. The van der Waals surface area contributed by atoms with E-state index in [1.165, 1.54) is 50.0 Å². The summed E-state index contributed by atoms with van der Waals surface area (Å²) in [5, 5.41) is 0. The molecule has 0 aromatic carbocycles. The highest BCUT2D eigenvalue weighted by molar-refractivity contribution is 7.99. The van der Waals surface area contributed by atoms with E-state index in [4.69, 9.17) is 10.5 Å². The van der Waals surface area contributed by atoms with Crippen molar-refractivity contribution in [1.29, 1.82) is 0 Å². The molecule has 19 heavy (non-hydrogen) atoms.